The minimum Gasteiger partial charge on any atom is -0.338 e. The molecule has 1 saturated heterocycles. The van der Waals surface area contributed by atoms with Gasteiger partial charge in [-0.25, -0.2) is 0 Å². The maximum Gasteiger partial charge on any atom is 0.269 e. The Labute approximate surface area is 110 Å². The first-order valence-corrected chi connectivity index (χ1v) is 6.13. The summed E-state index contributed by atoms with van der Waals surface area (Å²) in [5.74, 6) is 5.48. The van der Waals surface area contributed by atoms with Gasteiger partial charge in [0.2, 0.25) is 5.91 Å². The molecule has 3 N–H and O–H groups in total. The molecule has 1 heterocycles. The predicted molar refractivity (Wildman–Crippen MR) is 70.2 cm³/mol. The molecule has 0 radical (unpaired) electrons. The number of carbonyl (C=O) groups excluding carboxylic acids is 1. The van der Waals surface area contributed by atoms with Crippen molar-refractivity contribution in [3.8, 4) is 0 Å². The molecular weight excluding hydrogens is 248 g/mol. The Bertz CT molecular complexity index is 504. The Hall–Kier alpha value is -2.15. The second kappa shape index (κ2) is 5.66. The zero-order chi connectivity index (χ0) is 13.8. The van der Waals surface area contributed by atoms with Crippen LogP contribution in [0, 0.1) is 10.1 Å². The molecule has 1 aliphatic heterocycles. The van der Waals surface area contributed by atoms with Crippen LogP contribution in [0.25, 0.3) is 0 Å². The highest BCUT2D eigenvalue weighted by molar-refractivity contribution is 5.77. The molecule has 2 rings (SSSR count). The molecule has 0 aliphatic carbocycles. The van der Waals surface area contributed by atoms with Gasteiger partial charge in [0.25, 0.3) is 5.69 Å². The van der Waals surface area contributed by atoms with Crippen molar-refractivity contribution in [3.05, 3.63) is 33.9 Å². The lowest BCUT2D eigenvalue weighted by Gasteiger charge is -2.27. The van der Waals surface area contributed by atoms with Gasteiger partial charge in [-0.1, -0.05) is 0 Å². The van der Waals surface area contributed by atoms with Crippen molar-refractivity contribution < 1.29 is 9.72 Å². The maximum atomic E-state index is 11.8. The van der Waals surface area contributed by atoms with Crippen molar-refractivity contribution in [1.82, 2.24) is 4.90 Å². The lowest BCUT2D eigenvalue weighted by molar-refractivity contribution is -0.384. The summed E-state index contributed by atoms with van der Waals surface area (Å²) in [6.07, 6.45) is 2.42. The summed E-state index contributed by atoms with van der Waals surface area (Å²) in [4.78, 5) is 23.8. The van der Waals surface area contributed by atoms with Gasteiger partial charge in [0, 0.05) is 37.2 Å². The second-order valence-electron chi connectivity index (χ2n) is 4.52. The summed E-state index contributed by atoms with van der Waals surface area (Å²) >= 11 is 0. The number of amides is 1. The highest BCUT2D eigenvalue weighted by Crippen LogP contribution is 2.24. The smallest absolute Gasteiger partial charge is 0.269 e. The van der Waals surface area contributed by atoms with E-state index in [1.165, 1.54) is 12.1 Å². The number of hydrogen-bond donors (Lipinski definition) is 2. The summed E-state index contributed by atoms with van der Waals surface area (Å²) < 4.78 is 0. The van der Waals surface area contributed by atoms with Gasteiger partial charge in [-0.05, 0) is 18.9 Å². The minimum absolute atomic E-state index is 0.00143. The van der Waals surface area contributed by atoms with Crippen LogP contribution in [0.4, 0.5) is 11.4 Å². The number of nitro benzene ring substituents is 1. The molecule has 1 amide bonds. The largest absolute Gasteiger partial charge is 0.338 e. The fourth-order valence-corrected chi connectivity index (χ4v) is 2.20. The van der Waals surface area contributed by atoms with E-state index in [-0.39, 0.29) is 11.6 Å². The number of benzene rings is 1. The number of nitrogens with zero attached hydrogens (tertiary/aromatic N) is 2. The Morgan fingerprint density at radius 3 is 2.84 bits per heavy atom. The van der Waals surface area contributed by atoms with E-state index in [4.69, 9.17) is 5.84 Å². The van der Waals surface area contributed by atoms with Crippen molar-refractivity contribution >= 4 is 17.3 Å². The molecule has 0 spiro atoms. The van der Waals surface area contributed by atoms with Crippen LogP contribution in [0.5, 0.6) is 0 Å². The zero-order valence-electron chi connectivity index (χ0n) is 10.5. The fraction of sp³-hybridized carbons (Fsp3) is 0.417. The van der Waals surface area contributed by atoms with E-state index in [2.05, 4.69) is 5.43 Å². The van der Waals surface area contributed by atoms with Gasteiger partial charge in [0.05, 0.1) is 10.6 Å². The third-order valence-corrected chi connectivity index (χ3v) is 3.24. The molecular formula is C12H16N4O3. The van der Waals surface area contributed by atoms with Crippen molar-refractivity contribution in [2.24, 2.45) is 5.84 Å². The van der Waals surface area contributed by atoms with Crippen molar-refractivity contribution in [3.63, 3.8) is 0 Å². The molecule has 102 valence electrons. The first-order valence-electron chi connectivity index (χ1n) is 6.13. The summed E-state index contributed by atoms with van der Waals surface area (Å²) in [6.45, 7) is 1.03. The average Bonchev–Trinajstić information content (AvgIpc) is 2.41. The lowest BCUT2D eigenvalue weighted by atomic mass is 10.1. The van der Waals surface area contributed by atoms with Crippen LogP contribution >= 0.6 is 0 Å². The third kappa shape index (κ3) is 3.00. The lowest BCUT2D eigenvalue weighted by Crippen LogP contribution is -2.35. The summed E-state index contributed by atoms with van der Waals surface area (Å²) in [7, 11) is 0. The number of nitrogen functional groups attached to an aromatic ring is 1. The normalized spacial score (nSPS) is 15.4. The number of piperidine rings is 1. The molecule has 0 aromatic heterocycles. The number of rotatable bonds is 4. The van der Waals surface area contributed by atoms with E-state index in [1.807, 2.05) is 0 Å². The Morgan fingerprint density at radius 1 is 1.42 bits per heavy atom. The zero-order valence-corrected chi connectivity index (χ0v) is 10.5. The van der Waals surface area contributed by atoms with Crippen LogP contribution in [-0.4, -0.2) is 22.3 Å². The fourth-order valence-electron chi connectivity index (χ4n) is 2.20. The Morgan fingerprint density at radius 2 is 2.21 bits per heavy atom. The number of nitrogens with one attached hydrogen (secondary N) is 1. The van der Waals surface area contributed by atoms with Crippen molar-refractivity contribution in [2.45, 2.75) is 25.8 Å². The number of hydrogen-bond acceptors (Lipinski definition) is 5. The molecule has 1 aromatic carbocycles. The molecule has 1 aromatic rings. The molecule has 0 bridgehead atoms. The second-order valence-corrected chi connectivity index (χ2v) is 4.52. The van der Waals surface area contributed by atoms with Crippen LogP contribution in [0.15, 0.2) is 18.2 Å². The van der Waals surface area contributed by atoms with Gasteiger partial charge in [0.1, 0.15) is 0 Å². The van der Waals surface area contributed by atoms with Gasteiger partial charge in [-0.15, -0.1) is 0 Å². The predicted octanol–water partition coefficient (Wildman–Crippen LogP) is 1.39. The molecule has 7 heteroatoms. The van der Waals surface area contributed by atoms with E-state index in [1.54, 1.807) is 11.0 Å². The summed E-state index contributed by atoms with van der Waals surface area (Å²) in [5.41, 5.74) is 3.76. The summed E-state index contributed by atoms with van der Waals surface area (Å²) in [6, 6.07) is 4.40. The van der Waals surface area contributed by atoms with E-state index in [9.17, 15) is 14.9 Å². The van der Waals surface area contributed by atoms with Gasteiger partial charge in [0.15, 0.2) is 0 Å². The third-order valence-electron chi connectivity index (χ3n) is 3.24. The highest BCUT2D eigenvalue weighted by Gasteiger charge is 2.20. The van der Waals surface area contributed by atoms with Crippen LogP contribution in [0.2, 0.25) is 0 Å². The monoisotopic (exact) mass is 264 g/mol. The van der Waals surface area contributed by atoms with Gasteiger partial charge >= 0.3 is 0 Å². The average molecular weight is 264 g/mol. The first kappa shape index (κ1) is 13.3. The SMILES string of the molecule is NNc1ccc([N+](=O)[O-])cc1CN1CCCCC1=O. The molecule has 1 fully saturated rings. The molecule has 7 nitrogen and oxygen atoms in total. The minimum atomic E-state index is -0.457. The number of non-ortho nitro benzene ring substituents is 1. The van der Waals surface area contributed by atoms with E-state index < -0.39 is 4.92 Å². The standard InChI is InChI=1S/C12H16N4O3/c13-14-11-5-4-10(16(18)19)7-9(11)8-15-6-2-1-3-12(15)17/h4-5,7,14H,1-3,6,8,13H2. The first-order chi connectivity index (χ1) is 9.11. The van der Waals surface area contributed by atoms with Crippen molar-refractivity contribution in [1.29, 1.82) is 0 Å². The molecule has 1 aliphatic rings. The molecule has 0 unspecified atom stereocenters. The van der Waals surface area contributed by atoms with Gasteiger partial charge in [-0.3, -0.25) is 20.8 Å². The quantitative estimate of drug-likeness (QED) is 0.486. The van der Waals surface area contributed by atoms with Crippen LogP contribution in [0.3, 0.4) is 0 Å². The topological polar surface area (TPSA) is 102 Å². The van der Waals surface area contributed by atoms with Crippen LogP contribution in [0.1, 0.15) is 24.8 Å². The van der Waals surface area contributed by atoms with E-state index >= 15 is 0 Å². The maximum absolute atomic E-state index is 11.8. The van der Waals surface area contributed by atoms with Gasteiger partial charge < -0.3 is 10.3 Å². The van der Waals surface area contributed by atoms with Crippen molar-refractivity contribution in [2.75, 3.05) is 12.0 Å². The summed E-state index contributed by atoms with van der Waals surface area (Å²) in [5, 5.41) is 10.8. The number of nitro groups is 1. The number of likely N-dealkylation sites (tertiary alicyclic amines) is 1. The van der Waals surface area contributed by atoms with Crippen LogP contribution in [-0.2, 0) is 11.3 Å². The van der Waals surface area contributed by atoms with E-state index in [0.29, 0.717) is 30.8 Å². The number of carbonyl (C=O) groups is 1. The Kier molecular flexibility index (Phi) is 3.96. The Balaban J connectivity index is 2.23. The number of nitrogens with two attached hydrogens (primary N) is 1. The molecule has 0 atom stereocenters. The number of anilines is 1. The molecule has 0 saturated carbocycles. The highest BCUT2D eigenvalue weighted by atomic mass is 16.6. The van der Waals surface area contributed by atoms with Gasteiger partial charge in [-0.2, -0.15) is 0 Å². The van der Waals surface area contributed by atoms with Crippen LogP contribution < -0.4 is 11.3 Å². The number of hydrazine groups is 1. The van der Waals surface area contributed by atoms with E-state index in [0.717, 1.165) is 12.8 Å². The molecule has 19 heavy (non-hydrogen) atoms.